The zero-order valence-electron chi connectivity index (χ0n) is 15.4. The summed E-state index contributed by atoms with van der Waals surface area (Å²) in [6, 6.07) is 37.2. The summed E-state index contributed by atoms with van der Waals surface area (Å²) >= 11 is 6.09. The van der Waals surface area contributed by atoms with E-state index in [4.69, 9.17) is 11.6 Å². The van der Waals surface area contributed by atoms with Crippen LogP contribution >= 0.6 is 11.6 Å². The van der Waals surface area contributed by atoms with Gasteiger partial charge in [-0.15, -0.1) is 0 Å². The molecule has 0 N–H and O–H groups in total. The first-order valence-electron chi connectivity index (χ1n) is 9.23. The van der Waals surface area contributed by atoms with Crippen molar-refractivity contribution in [3.63, 3.8) is 0 Å². The van der Waals surface area contributed by atoms with Crippen LogP contribution in [0.3, 0.4) is 0 Å². The molecule has 4 aromatic carbocycles. The molecule has 0 fully saturated rings. The largest absolute Gasteiger partial charge is 0.311 e. The normalized spacial score (nSPS) is 10.9. The molecule has 0 atom stereocenters. The lowest BCUT2D eigenvalue weighted by Gasteiger charge is -2.25. The van der Waals surface area contributed by atoms with E-state index >= 15 is 0 Å². The lowest BCUT2D eigenvalue weighted by molar-refractivity contribution is 1.28. The fourth-order valence-electron chi connectivity index (χ4n) is 3.11. The van der Waals surface area contributed by atoms with E-state index in [0.29, 0.717) is 0 Å². The predicted molar refractivity (Wildman–Crippen MR) is 122 cm³/mol. The lowest BCUT2D eigenvalue weighted by Crippen LogP contribution is -2.09. The van der Waals surface area contributed by atoms with E-state index in [1.165, 1.54) is 5.56 Å². The number of anilines is 3. The highest BCUT2D eigenvalue weighted by Gasteiger charge is 2.11. The van der Waals surface area contributed by atoms with Crippen LogP contribution in [-0.2, 0) is 0 Å². The van der Waals surface area contributed by atoms with Gasteiger partial charge in [-0.25, -0.2) is 0 Å². The van der Waals surface area contributed by atoms with Gasteiger partial charge in [0.25, 0.3) is 0 Å². The van der Waals surface area contributed by atoms with Gasteiger partial charge < -0.3 is 4.90 Å². The summed E-state index contributed by atoms with van der Waals surface area (Å²) in [5.41, 5.74) is 5.64. The second kappa shape index (κ2) is 8.60. The quantitative estimate of drug-likeness (QED) is 0.317. The maximum atomic E-state index is 6.09. The summed E-state index contributed by atoms with van der Waals surface area (Å²) in [5, 5.41) is 0.734. The van der Waals surface area contributed by atoms with Gasteiger partial charge in [0.2, 0.25) is 0 Å². The molecule has 1 nitrogen and oxygen atoms in total. The van der Waals surface area contributed by atoms with Crippen molar-refractivity contribution in [2.24, 2.45) is 0 Å². The van der Waals surface area contributed by atoms with E-state index in [2.05, 4.69) is 77.7 Å². The Bertz CT molecular complexity index is 1040. The third-order valence-electron chi connectivity index (χ3n) is 4.52. The number of halogens is 1. The number of hydrogen-bond acceptors (Lipinski definition) is 1. The third-order valence-corrected chi connectivity index (χ3v) is 4.77. The van der Waals surface area contributed by atoms with Gasteiger partial charge in [0, 0.05) is 22.1 Å². The Hall–Kier alpha value is -3.29. The molecular formula is C26H20ClN. The molecule has 0 aromatic heterocycles. The van der Waals surface area contributed by atoms with Crippen molar-refractivity contribution in [3.8, 4) is 0 Å². The van der Waals surface area contributed by atoms with Gasteiger partial charge in [-0.1, -0.05) is 84.4 Å². The topological polar surface area (TPSA) is 3.24 Å². The monoisotopic (exact) mass is 381 g/mol. The molecule has 0 radical (unpaired) electrons. The first-order chi connectivity index (χ1) is 13.8. The van der Waals surface area contributed by atoms with Crippen molar-refractivity contribution in [1.29, 1.82) is 0 Å². The summed E-state index contributed by atoms with van der Waals surface area (Å²) in [7, 11) is 0. The van der Waals surface area contributed by atoms with E-state index in [9.17, 15) is 0 Å². The molecule has 0 bridgehead atoms. The van der Waals surface area contributed by atoms with Crippen LogP contribution in [0.1, 0.15) is 11.1 Å². The first kappa shape index (κ1) is 18.1. The van der Waals surface area contributed by atoms with Crippen molar-refractivity contribution < 1.29 is 0 Å². The SMILES string of the molecule is Clc1ccc(N(c2ccccc2)c2ccc(C=Cc3ccccc3)cc2)cc1. The van der Waals surface area contributed by atoms with E-state index < -0.39 is 0 Å². The van der Waals surface area contributed by atoms with E-state index in [1.54, 1.807) is 0 Å². The molecule has 28 heavy (non-hydrogen) atoms. The Balaban J connectivity index is 1.65. The van der Waals surface area contributed by atoms with Crippen LogP contribution in [0.15, 0.2) is 109 Å². The minimum atomic E-state index is 0.734. The Kier molecular flexibility index (Phi) is 5.56. The molecule has 0 saturated carbocycles. The van der Waals surface area contributed by atoms with Crippen LogP contribution in [0.25, 0.3) is 12.2 Å². The van der Waals surface area contributed by atoms with Crippen molar-refractivity contribution in [3.05, 3.63) is 125 Å². The van der Waals surface area contributed by atoms with E-state index in [1.807, 2.05) is 48.5 Å². The van der Waals surface area contributed by atoms with Crippen LogP contribution in [0, 0.1) is 0 Å². The number of benzene rings is 4. The Labute approximate surface area is 171 Å². The second-order valence-electron chi connectivity index (χ2n) is 6.48. The molecule has 0 amide bonds. The Morgan fingerprint density at radius 3 is 1.46 bits per heavy atom. The molecule has 0 aliphatic rings. The zero-order valence-corrected chi connectivity index (χ0v) is 16.1. The third kappa shape index (κ3) is 4.33. The van der Waals surface area contributed by atoms with E-state index in [0.717, 1.165) is 27.6 Å². The summed E-state index contributed by atoms with van der Waals surface area (Å²) in [6.45, 7) is 0. The van der Waals surface area contributed by atoms with Crippen molar-refractivity contribution in [2.45, 2.75) is 0 Å². The lowest BCUT2D eigenvalue weighted by atomic mass is 10.1. The van der Waals surface area contributed by atoms with Crippen LogP contribution in [0.5, 0.6) is 0 Å². The maximum absolute atomic E-state index is 6.09. The van der Waals surface area contributed by atoms with Crippen molar-refractivity contribution in [1.82, 2.24) is 0 Å². The molecule has 0 heterocycles. The molecule has 4 rings (SSSR count). The highest BCUT2D eigenvalue weighted by atomic mass is 35.5. The van der Waals surface area contributed by atoms with Gasteiger partial charge in [0.1, 0.15) is 0 Å². The molecule has 136 valence electrons. The van der Waals surface area contributed by atoms with E-state index in [-0.39, 0.29) is 0 Å². The number of rotatable bonds is 5. The smallest absolute Gasteiger partial charge is 0.0462 e. The zero-order chi connectivity index (χ0) is 19.2. The first-order valence-corrected chi connectivity index (χ1v) is 9.61. The average molecular weight is 382 g/mol. The van der Waals surface area contributed by atoms with Gasteiger partial charge >= 0.3 is 0 Å². The Morgan fingerprint density at radius 2 is 0.893 bits per heavy atom. The molecule has 0 spiro atoms. The molecule has 0 aliphatic carbocycles. The van der Waals surface area contributed by atoms with Gasteiger partial charge in [0.05, 0.1) is 0 Å². The summed E-state index contributed by atoms with van der Waals surface area (Å²) in [5.74, 6) is 0. The molecule has 0 saturated heterocycles. The molecular weight excluding hydrogens is 362 g/mol. The van der Waals surface area contributed by atoms with Gasteiger partial charge in [-0.05, 0) is 59.7 Å². The highest BCUT2D eigenvalue weighted by Crippen LogP contribution is 2.34. The summed E-state index contributed by atoms with van der Waals surface area (Å²) in [6.07, 6.45) is 4.26. The van der Waals surface area contributed by atoms with Gasteiger partial charge in [-0.2, -0.15) is 0 Å². The molecule has 0 unspecified atom stereocenters. The predicted octanol–water partition coefficient (Wildman–Crippen LogP) is 7.98. The fourth-order valence-corrected chi connectivity index (χ4v) is 3.23. The minimum Gasteiger partial charge on any atom is -0.311 e. The minimum absolute atomic E-state index is 0.734. The van der Waals surface area contributed by atoms with Gasteiger partial charge in [0.15, 0.2) is 0 Å². The second-order valence-corrected chi connectivity index (χ2v) is 6.92. The van der Waals surface area contributed by atoms with Crippen molar-refractivity contribution in [2.75, 3.05) is 4.90 Å². The van der Waals surface area contributed by atoms with Crippen LogP contribution in [0.4, 0.5) is 17.1 Å². The highest BCUT2D eigenvalue weighted by molar-refractivity contribution is 6.30. The average Bonchev–Trinajstić information content (AvgIpc) is 2.76. The summed E-state index contributed by atoms with van der Waals surface area (Å²) < 4.78 is 0. The van der Waals surface area contributed by atoms with Crippen LogP contribution in [0.2, 0.25) is 5.02 Å². The van der Waals surface area contributed by atoms with Crippen LogP contribution < -0.4 is 4.90 Å². The number of nitrogens with zero attached hydrogens (tertiary/aromatic N) is 1. The maximum Gasteiger partial charge on any atom is 0.0462 e. The molecule has 2 heteroatoms. The van der Waals surface area contributed by atoms with Crippen molar-refractivity contribution >= 4 is 40.8 Å². The number of para-hydroxylation sites is 1. The Morgan fingerprint density at radius 1 is 0.464 bits per heavy atom. The summed E-state index contributed by atoms with van der Waals surface area (Å²) in [4.78, 5) is 2.22. The molecule has 4 aromatic rings. The standard InChI is InChI=1S/C26H20ClN/c27-23-15-19-26(20-16-23)28(24-9-5-2-6-10-24)25-17-13-22(14-18-25)12-11-21-7-3-1-4-8-21/h1-20H. The van der Waals surface area contributed by atoms with Crippen LogP contribution in [-0.4, -0.2) is 0 Å². The molecule has 0 aliphatic heterocycles. The van der Waals surface area contributed by atoms with Gasteiger partial charge in [-0.3, -0.25) is 0 Å². The fraction of sp³-hybridized carbons (Fsp3) is 0. The number of hydrogen-bond donors (Lipinski definition) is 0.